The first-order chi connectivity index (χ1) is 9.92. The van der Waals surface area contributed by atoms with Gasteiger partial charge in [0.1, 0.15) is 4.90 Å². The van der Waals surface area contributed by atoms with Gasteiger partial charge in [0, 0.05) is 4.47 Å². The highest BCUT2D eigenvalue weighted by molar-refractivity contribution is 9.10. The van der Waals surface area contributed by atoms with Crippen LogP contribution in [0.3, 0.4) is 0 Å². The molecular formula is C14H9BrF5NS. The van der Waals surface area contributed by atoms with Gasteiger partial charge in [0.25, 0.3) is 0 Å². The van der Waals surface area contributed by atoms with Crippen molar-refractivity contribution in [2.24, 2.45) is 4.99 Å². The average Bonchev–Trinajstić information content (AvgIpc) is 2.78. The molecule has 8 heteroatoms. The van der Waals surface area contributed by atoms with E-state index in [2.05, 4.69) is 20.9 Å². The van der Waals surface area contributed by atoms with Crippen LogP contribution in [0, 0.1) is 0 Å². The molecule has 1 heterocycles. The minimum atomic E-state index is -9.68. The van der Waals surface area contributed by atoms with Gasteiger partial charge in [-0.05, 0) is 41.1 Å². The summed E-state index contributed by atoms with van der Waals surface area (Å²) in [5.74, 6) is 0. The third-order valence-electron chi connectivity index (χ3n) is 3.25. The molecule has 0 spiro atoms. The molecule has 0 saturated heterocycles. The number of rotatable bonds is 2. The van der Waals surface area contributed by atoms with Crippen molar-refractivity contribution in [1.29, 1.82) is 0 Å². The van der Waals surface area contributed by atoms with Crippen molar-refractivity contribution in [3.63, 3.8) is 0 Å². The Morgan fingerprint density at radius 1 is 0.955 bits per heavy atom. The molecule has 1 aliphatic rings. The minimum absolute atomic E-state index is 0.0734. The second-order valence-corrected chi connectivity index (χ2v) is 8.31. The molecule has 0 N–H and O–H groups in total. The molecule has 0 saturated carbocycles. The van der Waals surface area contributed by atoms with Gasteiger partial charge in [0.2, 0.25) is 0 Å². The molecule has 22 heavy (non-hydrogen) atoms. The first kappa shape index (κ1) is 15.5. The fourth-order valence-corrected chi connectivity index (χ4v) is 3.31. The largest absolute Gasteiger partial charge is 0.310 e. The number of hydrogen-bond donors (Lipinski definition) is 0. The molecule has 0 fully saturated rings. The summed E-state index contributed by atoms with van der Waals surface area (Å²) in [5, 5.41) is 0.339. The minimum Gasteiger partial charge on any atom is -0.272 e. The number of fused-ring (bicyclic) bond motifs is 1. The monoisotopic (exact) mass is 397 g/mol. The third-order valence-corrected chi connectivity index (χ3v) is 4.89. The van der Waals surface area contributed by atoms with Crippen molar-refractivity contribution in [3.8, 4) is 0 Å². The van der Waals surface area contributed by atoms with Crippen LogP contribution in [0.5, 0.6) is 0 Å². The van der Waals surface area contributed by atoms with Crippen LogP contribution in [-0.2, 0) is 0 Å². The van der Waals surface area contributed by atoms with Crippen molar-refractivity contribution in [1.82, 2.24) is 0 Å². The van der Waals surface area contributed by atoms with E-state index in [9.17, 15) is 19.4 Å². The molecule has 2 aromatic carbocycles. The molecule has 0 bridgehead atoms. The molecule has 1 aliphatic heterocycles. The molecule has 0 radical (unpaired) electrons. The van der Waals surface area contributed by atoms with E-state index in [1.54, 1.807) is 30.3 Å². The van der Waals surface area contributed by atoms with Crippen molar-refractivity contribution >= 4 is 32.2 Å². The van der Waals surface area contributed by atoms with Crippen LogP contribution in [-0.4, -0.2) is 0 Å². The number of benzene rings is 2. The highest BCUT2D eigenvalue weighted by Crippen LogP contribution is 3.01. The van der Waals surface area contributed by atoms with Gasteiger partial charge < -0.3 is 0 Å². The second kappa shape index (κ2) is 4.11. The zero-order valence-corrected chi connectivity index (χ0v) is 13.2. The predicted molar refractivity (Wildman–Crippen MR) is 80.0 cm³/mol. The highest BCUT2D eigenvalue weighted by Gasteiger charge is 2.65. The Hall–Kier alpha value is -1.41. The van der Waals surface area contributed by atoms with E-state index >= 15 is 0 Å². The molecule has 2 aromatic rings. The van der Waals surface area contributed by atoms with Crippen molar-refractivity contribution in [2.75, 3.05) is 0 Å². The van der Waals surface area contributed by atoms with Gasteiger partial charge in [-0.3, -0.25) is 4.99 Å². The highest BCUT2D eigenvalue weighted by atomic mass is 79.9. The van der Waals surface area contributed by atoms with E-state index < -0.39 is 21.2 Å². The topological polar surface area (TPSA) is 12.4 Å². The molecule has 1 nitrogen and oxygen atoms in total. The summed E-state index contributed by atoms with van der Waals surface area (Å²) in [5.41, 5.74) is 0.763. The molecule has 3 rings (SSSR count). The molecule has 0 aliphatic carbocycles. The summed E-state index contributed by atoms with van der Waals surface area (Å²) >= 11 is 3.30. The van der Waals surface area contributed by atoms with E-state index in [1.165, 1.54) is 0 Å². The Bertz CT molecular complexity index is 892. The fraction of sp³-hybridized carbons (Fsp3) is 0.0714. The predicted octanol–water partition coefficient (Wildman–Crippen LogP) is 5.26. The number of nitrogens with zero attached hydrogens (tertiary/aromatic N) is 1. The summed E-state index contributed by atoms with van der Waals surface area (Å²) in [6, 6.07) is 8.50. The van der Waals surface area contributed by atoms with Gasteiger partial charge in [0.05, 0.1) is 11.4 Å². The van der Waals surface area contributed by atoms with Crippen LogP contribution in [0.15, 0.2) is 56.8 Å². The molecule has 0 amide bonds. The van der Waals surface area contributed by atoms with Gasteiger partial charge in [-0.15, -0.1) is 0 Å². The van der Waals surface area contributed by atoms with Gasteiger partial charge in [-0.25, -0.2) is 0 Å². The standard InChI is InChI=1S/C14H9BrF5NS/c15-11-3-1-2-9(6-11)13-7-10-4-5-12(8-14(10)21-13)22(16,17,18,19)20/h1-8,13H/t13-/m0/s1. The van der Waals surface area contributed by atoms with Gasteiger partial charge in [-0.2, -0.15) is 0 Å². The zero-order valence-electron chi connectivity index (χ0n) is 10.8. The van der Waals surface area contributed by atoms with Crippen molar-refractivity contribution in [3.05, 3.63) is 63.1 Å². The maximum atomic E-state index is 12.8. The van der Waals surface area contributed by atoms with E-state index in [4.69, 9.17) is 0 Å². The van der Waals surface area contributed by atoms with Crippen LogP contribution in [0.4, 0.5) is 19.4 Å². The summed E-state index contributed by atoms with van der Waals surface area (Å²) < 4.78 is 65.0. The Labute approximate surface area is 131 Å². The summed E-state index contributed by atoms with van der Waals surface area (Å²) in [7, 11) is -9.68. The fourth-order valence-electron chi connectivity index (χ4n) is 2.23. The maximum Gasteiger partial charge on any atom is 0.310 e. The number of halogens is 6. The molecule has 1 atom stereocenters. The smallest absolute Gasteiger partial charge is 0.272 e. The third kappa shape index (κ3) is 3.03. The lowest BCUT2D eigenvalue weighted by atomic mass is 10.1. The maximum absolute atomic E-state index is 12.8. The Balaban J connectivity index is 2.12. The first-order valence-electron chi connectivity index (χ1n) is 6.12. The molecular weight excluding hydrogens is 389 g/mol. The van der Waals surface area contributed by atoms with Gasteiger partial charge >= 0.3 is 10.2 Å². The van der Waals surface area contributed by atoms with E-state index in [1.807, 2.05) is 0 Å². The van der Waals surface area contributed by atoms with Crippen LogP contribution < -0.4 is 10.6 Å². The van der Waals surface area contributed by atoms with Crippen molar-refractivity contribution < 1.29 is 19.4 Å². The van der Waals surface area contributed by atoms with Crippen LogP contribution >= 0.6 is 26.2 Å². The van der Waals surface area contributed by atoms with Crippen LogP contribution in [0.2, 0.25) is 0 Å². The van der Waals surface area contributed by atoms with Crippen molar-refractivity contribution in [2.45, 2.75) is 10.9 Å². The summed E-state index contributed by atoms with van der Waals surface area (Å²) in [6.07, 6.45) is 1.65. The average molecular weight is 398 g/mol. The quantitative estimate of drug-likeness (QED) is 0.612. The lowest BCUT2D eigenvalue weighted by Crippen LogP contribution is -2.23. The van der Waals surface area contributed by atoms with Gasteiger partial charge in [-0.1, -0.05) is 53.6 Å². The van der Waals surface area contributed by atoms with E-state index in [0.29, 0.717) is 17.4 Å². The van der Waals surface area contributed by atoms with Crippen LogP contribution in [0.1, 0.15) is 11.6 Å². The lowest BCUT2D eigenvalue weighted by molar-refractivity contribution is 0.364. The lowest BCUT2D eigenvalue weighted by Gasteiger charge is -2.40. The van der Waals surface area contributed by atoms with E-state index in [0.717, 1.165) is 16.1 Å². The SMILES string of the molecule is FS(F)(F)(F)(F)c1ccc2c(c1)=N[C@H](c1cccc(Br)c1)C=2. The summed E-state index contributed by atoms with van der Waals surface area (Å²) in [6.45, 7) is 0. The van der Waals surface area contributed by atoms with Crippen LogP contribution in [0.25, 0.3) is 6.08 Å². The molecule has 118 valence electrons. The number of hydrogen-bond acceptors (Lipinski definition) is 1. The zero-order chi connectivity index (χ0) is 16.2. The van der Waals surface area contributed by atoms with Gasteiger partial charge in [0.15, 0.2) is 0 Å². The second-order valence-electron chi connectivity index (χ2n) is 4.99. The first-order valence-corrected chi connectivity index (χ1v) is 8.86. The summed E-state index contributed by atoms with van der Waals surface area (Å²) in [4.78, 5) is 2.20. The Kier molecular flexibility index (Phi) is 2.89. The van der Waals surface area contributed by atoms with E-state index in [-0.39, 0.29) is 5.36 Å². The molecule has 0 unspecified atom stereocenters. The normalized spacial score (nSPS) is 20.4. The Morgan fingerprint density at radius 2 is 1.68 bits per heavy atom. The Morgan fingerprint density at radius 3 is 2.32 bits per heavy atom. The molecule has 0 aromatic heterocycles.